The van der Waals surface area contributed by atoms with Gasteiger partial charge in [0.2, 0.25) is 5.91 Å². The van der Waals surface area contributed by atoms with Gasteiger partial charge in [0.25, 0.3) is 0 Å². The summed E-state index contributed by atoms with van der Waals surface area (Å²) in [7, 11) is 0. The summed E-state index contributed by atoms with van der Waals surface area (Å²) >= 11 is 3.38. The Kier molecular flexibility index (Phi) is 4.72. The zero-order chi connectivity index (χ0) is 13.0. The first kappa shape index (κ1) is 13.5. The smallest absolute Gasteiger partial charge is 0.225 e. The second-order valence-corrected chi connectivity index (χ2v) is 5.39. The van der Waals surface area contributed by atoms with E-state index in [2.05, 4.69) is 26.2 Å². The van der Waals surface area contributed by atoms with Crippen molar-refractivity contribution in [3.05, 3.63) is 22.3 Å². The number of anilines is 1. The number of hydrogen-bond acceptors (Lipinski definition) is 3. The fraction of sp³-hybridized carbons (Fsp3) is 0.538. The maximum absolute atomic E-state index is 11.7. The second kappa shape index (κ2) is 6.29. The Morgan fingerprint density at radius 3 is 3.17 bits per heavy atom. The third kappa shape index (κ3) is 3.78. The maximum Gasteiger partial charge on any atom is 0.225 e. The van der Waals surface area contributed by atoms with Crippen LogP contribution in [0.25, 0.3) is 0 Å². The first-order chi connectivity index (χ1) is 8.65. The molecule has 1 N–H and O–H groups in total. The Morgan fingerprint density at radius 2 is 2.50 bits per heavy atom. The molecule has 0 unspecified atom stereocenters. The van der Waals surface area contributed by atoms with E-state index in [1.165, 1.54) is 0 Å². The Bertz CT molecular complexity index is 431. The van der Waals surface area contributed by atoms with E-state index in [-0.39, 0.29) is 12.0 Å². The van der Waals surface area contributed by atoms with Crippen molar-refractivity contribution in [1.29, 1.82) is 0 Å². The van der Waals surface area contributed by atoms with Gasteiger partial charge in [0.15, 0.2) is 0 Å². The van der Waals surface area contributed by atoms with E-state index in [0.717, 1.165) is 35.9 Å². The molecule has 1 atom stereocenters. The summed E-state index contributed by atoms with van der Waals surface area (Å²) in [5, 5.41) is 2.81. The number of nitrogens with one attached hydrogen (secondary N) is 1. The van der Waals surface area contributed by atoms with Gasteiger partial charge in [0, 0.05) is 23.7 Å². The highest BCUT2D eigenvalue weighted by atomic mass is 79.9. The van der Waals surface area contributed by atoms with Crippen molar-refractivity contribution in [2.75, 3.05) is 11.9 Å². The van der Waals surface area contributed by atoms with E-state index >= 15 is 0 Å². The molecule has 1 fully saturated rings. The zero-order valence-electron chi connectivity index (χ0n) is 10.4. The van der Waals surface area contributed by atoms with Crippen LogP contribution >= 0.6 is 15.9 Å². The molecule has 98 valence electrons. The minimum absolute atomic E-state index is 0.000257. The van der Waals surface area contributed by atoms with Crippen LogP contribution in [0, 0.1) is 6.92 Å². The highest BCUT2D eigenvalue weighted by Crippen LogP contribution is 2.19. The van der Waals surface area contributed by atoms with E-state index in [4.69, 9.17) is 4.74 Å². The van der Waals surface area contributed by atoms with E-state index in [1.54, 1.807) is 6.20 Å². The lowest BCUT2D eigenvalue weighted by Crippen LogP contribution is -2.16. The van der Waals surface area contributed by atoms with E-state index < -0.39 is 0 Å². The normalized spacial score (nSPS) is 18.9. The van der Waals surface area contributed by atoms with Crippen LogP contribution in [-0.4, -0.2) is 23.6 Å². The first-order valence-corrected chi connectivity index (χ1v) is 6.98. The molecule has 1 aromatic rings. The van der Waals surface area contributed by atoms with Crippen molar-refractivity contribution in [3.8, 4) is 0 Å². The lowest BCUT2D eigenvalue weighted by molar-refractivity contribution is -0.116. The van der Waals surface area contributed by atoms with E-state index in [9.17, 15) is 4.79 Å². The molecule has 0 saturated carbocycles. The van der Waals surface area contributed by atoms with E-state index in [0.29, 0.717) is 12.2 Å². The van der Waals surface area contributed by atoms with Crippen LogP contribution in [0.2, 0.25) is 0 Å². The zero-order valence-corrected chi connectivity index (χ0v) is 12.0. The molecule has 0 aromatic carbocycles. The summed E-state index contributed by atoms with van der Waals surface area (Å²) in [6.45, 7) is 2.80. The predicted octanol–water partition coefficient (Wildman–Crippen LogP) is 3.05. The number of aromatic nitrogens is 1. The average molecular weight is 313 g/mol. The van der Waals surface area contributed by atoms with Gasteiger partial charge >= 0.3 is 0 Å². The van der Waals surface area contributed by atoms with Crippen LogP contribution in [0.1, 0.15) is 31.2 Å². The quantitative estimate of drug-likeness (QED) is 0.929. The Morgan fingerprint density at radius 1 is 1.67 bits per heavy atom. The van der Waals surface area contributed by atoms with Crippen molar-refractivity contribution in [3.63, 3.8) is 0 Å². The molecule has 0 radical (unpaired) electrons. The molecule has 4 nitrogen and oxygen atoms in total. The Hall–Kier alpha value is -0.940. The Balaban J connectivity index is 1.80. The summed E-state index contributed by atoms with van der Waals surface area (Å²) in [5.74, 6) is 0.604. The maximum atomic E-state index is 11.7. The van der Waals surface area contributed by atoms with Crippen LogP contribution in [0.15, 0.2) is 16.7 Å². The molecule has 0 bridgehead atoms. The van der Waals surface area contributed by atoms with Gasteiger partial charge in [-0.15, -0.1) is 0 Å². The van der Waals surface area contributed by atoms with Crippen molar-refractivity contribution in [2.24, 2.45) is 0 Å². The number of ether oxygens (including phenoxy) is 1. The van der Waals surface area contributed by atoms with Gasteiger partial charge in [-0.1, -0.05) is 0 Å². The molecular weight excluding hydrogens is 296 g/mol. The largest absolute Gasteiger partial charge is 0.378 e. The number of aryl methyl sites for hydroxylation is 1. The fourth-order valence-electron chi connectivity index (χ4n) is 1.98. The predicted molar refractivity (Wildman–Crippen MR) is 73.5 cm³/mol. The highest BCUT2D eigenvalue weighted by Gasteiger charge is 2.16. The van der Waals surface area contributed by atoms with Crippen LogP contribution in [0.4, 0.5) is 5.82 Å². The molecule has 1 aliphatic heterocycles. The van der Waals surface area contributed by atoms with Crippen molar-refractivity contribution in [1.82, 2.24) is 4.98 Å². The first-order valence-electron chi connectivity index (χ1n) is 6.19. The minimum atomic E-state index is -0.000257. The molecule has 1 saturated heterocycles. The average Bonchev–Trinajstić information content (AvgIpc) is 2.84. The summed E-state index contributed by atoms with van der Waals surface area (Å²) in [6, 6.07) is 1.86. The summed E-state index contributed by atoms with van der Waals surface area (Å²) in [4.78, 5) is 15.9. The minimum Gasteiger partial charge on any atom is -0.378 e. The molecular formula is C13H17BrN2O2. The second-order valence-electron chi connectivity index (χ2n) is 4.54. The monoisotopic (exact) mass is 312 g/mol. The van der Waals surface area contributed by atoms with Gasteiger partial charge in [-0.3, -0.25) is 4.79 Å². The van der Waals surface area contributed by atoms with Gasteiger partial charge < -0.3 is 10.1 Å². The van der Waals surface area contributed by atoms with Crippen LogP contribution in [0.3, 0.4) is 0 Å². The van der Waals surface area contributed by atoms with Gasteiger partial charge in [-0.25, -0.2) is 4.98 Å². The molecule has 1 aliphatic rings. The van der Waals surface area contributed by atoms with Crippen LogP contribution in [-0.2, 0) is 9.53 Å². The van der Waals surface area contributed by atoms with Crippen molar-refractivity contribution < 1.29 is 9.53 Å². The number of carbonyl (C=O) groups excluding carboxylic acids is 1. The fourth-order valence-corrected chi connectivity index (χ4v) is 2.19. The summed E-state index contributed by atoms with van der Waals surface area (Å²) < 4.78 is 6.43. The number of carbonyl (C=O) groups is 1. The van der Waals surface area contributed by atoms with E-state index in [1.807, 2.05) is 13.0 Å². The molecule has 2 heterocycles. The molecule has 18 heavy (non-hydrogen) atoms. The Labute approximate surface area is 115 Å². The number of nitrogens with zero attached hydrogens (tertiary/aromatic N) is 1. The SMILES string of the molecule is Cc1cc(NC(=O)CC[C@@H]2CCCO2)ncc1Br. The molecule has 1 amide bonds. The lowest BCUT2D eigenvalue weighted by atomic mass is 10.1. The standard InChI is InChI=1S/C13H17BrN2O2/c1-9-7-12(15-8-11(9)14)16-13(17)5-4-10-3-2-6-18-10/h7-8,10H,2-6H2,1H3,(H,15,16,17)/t10-/m0/s1. The summed E-state index contributed by atoms with van der Waals surface area (Å²) in [5.41, 5.74) is 1.06. The third-order valence-electron chi connectivity index (χ3n) is 3.03. The molecule has 0 spiro atoms. The van der Waals surface area contributed by atoms with Gasteiger partial charge in [0.1, 0.15) is 5.82 Å². The third-order valence-corrected chi connectivity index (χ3v) is 3.86. The van der Waals surface area contributed by atoms with Crippen molar-refractivity contribution in [2.45, 2.75) is 38.7 Å². The van der Waals surface area contributed by atoms with Crippen molar-refractivity contribution >= 4 is 27.7 Å². The molecule has 0 aliphatic carbocycles. The molecule has 1 aromatic heterocycles. The van der Waals surface area contributed by atoms with Crippen LogP contribution < -0.4 is 5.32 Å². The number of pyridine rings is 1. The van der Waals surface area contributed by atoms with Gasteiger partial charge in [0.05, 0.1) is 6.10 Å². The number of rotatable bonds is 4. The number of hydrogen-bond donors (Lipinski definition) is 1. The lowest BCUT2D eigenvalue weighted by Gasteiger charge is -2.09. The summed E-state index contributed by atoms with van der Waals surface area (Å²) in [6.07, 6.45) is 5.42. The van der Waals surface area contributed by atoms with Gasteiger partial charge in [-0.05, 0) is 53.7 Å². The highest BCUT2D eigenvalue weighted by molar-refractivity contribution is 9.10. The molecule has 5 heteroatoms. The topological polar surface area (TPSA) is 51.2 Å². The van der Waals surface area contributed by atoms with Gasteiger partial charge in [-0.2, -0.15) is 0 Å². The number of amides is 1. The number of halogens is 1. The molecule has 2 rings (SSSR count). The van der Waals surface area contributed by atoms with Crippen LogP contribution in [0.5, 0.6) is 0 Å².